The Hall–Kier alpha value is -2.09. The monoisotopic (exact) mass is 441 g/mol. The Balaban J connectivity index is 1.68. The first-order valence-electron chi connectivity index (χ1n) is 8.64. The molecule has 9 heteroatoms. The molecule has 0 aliphatic heterocycles. The second-order valence-electron chi connectivity index (χ2n) is 6.03. The number of rotatable bonds is 6. The van der Waals surface area contributed by atoms with Gasteiger partial charge in [-0.1, -0.05) is 23.2 Å². The van der Waals surface area contributed by atoms with Crippen LogP contribution in [0.5, 0.6) is 0 Å². The van der Waals surface area contributed by atoms with Crippen LogP contribution in [0.2, 0.25) is 10.0 Å². The van der Waals surface area contributed by atoms with E-state index in [9.17, 15) is 14.4 Å². The Labute approximate surface area is 175 Å². The Kier molecular flexibility index (Phi) is 6.59. The van der Waals surface area contributed by atoms with E-state index in [2.05, 4.69) is 5.32 Å². The number of benzene rings is 1. The van der Waals surface area contributed by atoms with E-state index in [0.717, 1.165) is 29.7 Å². The molecule has 28 heavy (non-hydrogen) atoms. The van der Waals surface area contributed by atoms with Gasteiger partial charge in [0.1, 0.15) is 5.00 Å². The third-order valence-electron chi connectivity index (χ3n) is 4.14. The fraction of sp³-hybridized carbons (Fsp3) is 0.316. The van der Waals surface area contributed by atoms with Crippen molar-refractivity contribution in [1.82, 2.24) is 0 Å². The van der Waals surface area contributed by atoms with Crippen LogP contribution in [-0.4, -0.2) is 31.1 Å². The third kappa shape index (κ3) is 4.48. The molecule has 0 radical (unpaired) electrons. The normalized spacial score (nSPS) is 12.4. The molecule has 1 aromatic heterocycles. The minimum absolute atomic E-state index is 0.0734. The summed E-state index contributed by atoms with van der Waals surface area (Å²) in [7, 11) is 0. The van der Waals surface area contributed by atoms with E-state index in [-0.39, 0.29) is 17.2 Å². The van der Waals surface area contributed by atoms with Crippen LogP contribution in [0, 0.1) is 0 Å². The molecule has 1 heterocycles. The lowest BCUT2D eigenvalue weighted by molar-refractivity contribution is -0.119. The van der Waals surface area contributed by atoms with Crippen LogP contribution in [0.25, 0.3) is 0 Å². The van der Waals surface area contributed by atoms with Crippen molar-refractivity contribution in [2.45, 2.75) is 26.2 Å². The summed E-state index contributed by atoms with van der Waals surface area (Å²) >= 11 is 13.2. The van der Waals surface area contributed by atoms with Crippen LogP contribution in [0.4, 0.5) is 5.00 Å². The van der Waals surface area contributed by atoms with Gasteiger partial charge in [-0.3, -0.25) is 4.79 Å². The van der Waals surface area contributed by atoms with Gasteiger partial charge < -0.3 is 14.8 Å². The Bertz CT molecular complexity index is 941. The lowest BCUT2D eigenvalue weighted by atomic mass is 10.1. The van der Waals surface area contributed by atoms with Crippen LogP contribution in [0.3, 0.4) is 0 Å². The maximum absolute atomic E-state index is 12.3. The highest BCUT2D eigenvalue weighted by Crippen LogP contribution is 2.39. The summed E-state index contributed by atoms with van der Waals surface area (Å²) in [6.07, 6.45) is 2.61. The van der Waals surface area contributed by atoms with E-state index in [4.69, 9.17) is 32.7 Å². The van der Waals surface area contributed by atoms with E-state index < -0.39 is 24.5 Å². The molecular formula is C19H17Cl2NO5S. The van der Waals surface area contributed by atoms with Gasteiger partial charge in [-0.15, -0.1) is 11.3 Å². The van der Waals surface area contributed by atoms with Gasteiger partial charge in [-0.25, -0.2) is 9.59 Å². The first-order chi connectivity index (χ1) is 13.4. The summed E-state index contributed by atoms with van der Waals surface area (Å²) in [6, 6.07) is 4.38. The number of ether oxygens (including phenoxy) is 2. The average Bonchev–Trinajstić information content (AvgIpc) is 3.22. The highest BCUT2D eigenvalue weighted by Gasteiger charge is 2.28. The molecule has 1 aliphatic carbocycles. The second-order valence-corrected chi connectivity index (χ2v) is 7.98. The predicted octanol–water partition coefficient (Wildman–Crippen LogP) is 4.52. The number of thiophene rings is 1. The summed E-state index contributed by atoms with van der Waals surface area (Å²) in [6.45, 7) is 1.45. The maximum atomic E-state index is 12.3. The average molecular weight is 442 g/mol. The molecule has 0 saturated heterocycles. The van der Waals surface area contributed by atoms with Crippen LogP contribution in [0.15, 0.2) is 18.2 Å². The van der Waals surface area contributed by atoms with Gasteiger partial charge in [0.05, 0.1) is 22.8 Å². The van der Waals surface area contributed by atoms with Crippen molar-refractivity contribution in [2.75, 3.05) is 18.5 Å². The highest BCUT2D eigenvalue weighted by atomic mass is 35.5. The lowest BCUT2D eigenvalue weighted by Gasteiger charge is -2.09. The van der Waals surface area contributed by atoms with Crippen LogP contribution in [0.1, 0.15) is 44.5 Å². The van der Waals surface area contributed by atoms with Gasteiger partial charge in [0.25, 0.3) is 5.91 Å². The van der Waals surface area contributed by atoms with Crippen molar-refractivity contribution in [3.05, 3.63) is 49.8 Å². The van der Waals surface area contributed by atoms with E-state index in [1.54, 1.807) is 13.0 Å². The number of halogens is 2. The smallest absolute Gasteiger partial charge is 0.341 e. The molecule has 1 amide bonds. The number of nitrogens with one attached hydrogen (secondary N) is 1. The van der Waals surface area contributed by atoms with Gasteiger partial charge in [-0.2, -0.15) is 0 Å². The summed E-state index contributed by atoms with van der Waals surface area (Å²) < 4.78 is 10.1. The van der Waals surface area contributed by atoms with Crippen molar-refractivity contribution >= 4 is 57.4 Å². The van der Waals surface area contributed by atoms with Crippen molar-refractivity contribution < 1.29 is 23.9 Å². The SMILES string of the molecule is CCOC(=O)c1c(NC(=O)COC(=O)c2cc(Cl)ccc2Cl)sc2c1CCC2. The van der Waals surface area contributed by atoms with Crippen LogP contribution in [-0.2, 0) is 27.1 Å². The zero-order valence-electron chi connectivity index (χ0n) is 15.0. The molecule has 0 saturated carbocycles. The predicted molar refractivity (Wildman–Crippen MR) is 108 cm³/mol. The molecule has 0 bridgehead atoms. The molecule has 0 unspecified atom stereocenters. The molecule has 0 spiro atoms. The Morgan fingerprint density at radius 1 is 1.14 bits per heavy atom. The quantitative estimate of drug-likeness (QED) is 0.666. The molecule has 3 rings (SSSR count). The van der Waals surface area contributed by atoms with Crippen molar-refractivity contribution in [2.24, 2.45) is 0 Å². The van der Waals surface area contributed by atoms with Crippen molar-refractivity contribution in [3.8, 4) is 0 Å². The Morgan fingerprint density at radius 2 is 1.93 bits per heavy atom. The number of carbonyl (C=O) groups excluding carboxylic acids is 3. The van der Waals surface area contributed by atoms with Gasteiger partial charge in [0, 0.05) is 9.90 Å². The minimum atomic E-state index is -0.762. The summed E-state index contributed by atoms with van der Waals surface area (Å²) in [5, 5.41) is 3.58. The van der Waals surface area contributed by atoms with Gasteiger partial charge in [0.2, 0.25) is 0 Å². The van der Waals surface area contributed by atoms with Crippen molar-refractivity contribution in [1.29, 1.82) is 0 Å². The summed E-state index contributed by atoms with van der Waals surface area (Å²) in [5.41, 5.74) is 1.41. The first kappa shape index (κ1) is 20.6. The molecule has 6 nitrogen and oxygen atoms in total. The van der Waals surface area contributed by atoms with Gasteiger partial charge in [-0.05, 0) is 49.9 Å². The standard InChI is InChI=1S/C19H17Cl2NO5S/c1-2-26-19(25)16-11-4-3-5-14(11)28-17(16)22-15(23)9-27-18(24)12-8-10(20)6-7-13(12)21/h6-8H,2-5,9H2,1H3,(H,22,23). The maximum Gasteiger partial charge on any atom is 0.341 e. The third-order valence-corrected chi connectivity index (χ3v) is 5.91. The topological polar surface area (TPSA) is 81.7 Å². The van der Waals surface area contributed by atoms with Crippen LogP contribution < -0.4 is 5.32 Å². The number of fused-ring (bicyclic) bond motifs is 1. The number of amides is 1. The fourth-order valence-electron chi connectivity index (χ4n) is 2.94. The van der Waals surface area contributed by atoms with Crippen LogP contribution >= 0.6 is 34.5 Å². The van der Waals surface area contributed by atoms with Gasteiger partial charge >= 0.3 is 11.9 Å². The molecule has 2 aromatic rings. The molecule has 1 aromatic carbocycles. The second kappa shape index (κ2) is 8.94. The number of hydrogen-bond acceptors (Lipinski definition) is 6. The largest absolute Gasteiger partial charge is 0.462 e. The lowest BCUT2D eigenvalue weighted by Crippen LogP contribution is -2.22. The van der Waals surface area contributed by atoms with E-state index in [1.807, 2.05) is 0 Å². The molecule has 0 atom stereocenters. The zero-order chi connectivity index (χ0) is 20.3. The number of aryl methyl sites for hydroxylation is 1. The minimum Gasteiger partial charge on any atom is -0.462 e. The zero-order valence-corrected chi connectivity index (χ0v) is 17.3. The van der Waals surface area contributed by atoms with Crippen molar-refractivity contribution in [3.63, 3.8) is 0 Å². The van der Waals surface area contributed by atoms with E-state index in [0.29, 0.717) is 15.6 Å². The molecular weight excluding hydrogens is 425 g/mol. The molecule has 0 fully saturated rings. The summed E-state index contributed by atoms with van der Waals surface area (Å²) in [5.74, 6) is -1.78. The van der Waals surface area contributed by atoms with E-state index >= 15 is 0 Å². The number of esters is 2. The number of carbonyl (C=O) groups is 3. The number of anilines is 1. The fourth-order valence-corrected chi connectivity index (χ4v) is 4.60. The highest BCUT2D eigenvalue weighted by molar-refractivity contribution is 7.17. The Morgan fingerprint density at radius 3 is 2.68 bits per heavy atom. The van der Waals surface area contributed by atoms with E-state index in [1.165, 1.54) is 23.5 Å². The molecule has 148 valence electrons. The number of hydrogen-bond donors (Lipinski definition) is 1. The van der Waals surface area contributed by atoms with Gasteiger partial charge in [0.15, 0.2) is 6.61 Å². The molecule has 1 N–H and O–H groups in total. The first-order valence-corrected chi connectivity index (χ1v) is 10.2. The molecule has 1 aliphatic rings. The summed E-state index contributed by atoms with van der Waals surface area (Å²) in [4.78, 5) is 37.8.